The van der Waals surface area contributed by atoms with Crippen molar-refractivity contribution in [2.45, 2.75) is 0 Å². The molecule has 21 heavy (non-hydrogen) atoms. The summed E-state index contributed by atoms with van der Waals surface area (Å²) >= 11 is 1.59. The number of anilines is 1. The largest absolute Gasteiger partial charge is 0.468 e. The van der Waals surface area contributed by atoms with E-state index < -0.39 is 0 Å². The highest BCUT2D eigenvalue weighted by Crippen LogP contribution is 2.26. The van der Waals surface area contributed by atoms with Gasteiger partial charge < -0.3 is 14.6 Å². The van der Waals surface area contributed by atoms with Crippen molar-refractivity contribution in [2.24, 2.45) is 0 Å². The van der Waals surface area contributed by atoms with Crippen LogP contribution in [-0.2, 0) is 9.53 Å². The summed E-state index contributed by atoms with van der Waals surface area (Å²) in [6.45, 7) is 0.148. The molecule has 7 heteroatoms. The zero-order chi connectivity index (χ0) is 14.8. The van der Waals surface area contributed by atoms with Crippen LogP contribution in [0, 0.1) is 0 Å². The van der Waals surface area contributed by atoms with E-state index in [-0.39, 0.29) is 12.5 Å². The Kier molecular flexibility index (Phi) is 3.57. The topological polar surface area (TPSA) is 71.1 Å². The van der Waals surface area contributed by atoms with Gasteiger partial charge in [0.1, 0.15) is 11.6 Å². The first kappa shape index (κ1) is 13.6. The quantitative estimate of drug-likeness (QED) is 0.749. The number of thiazole rings is 1. The van der Waals surface area contributed by atoms with Crippen molar-refractivity contribution >= 4 is 34.3 Å². The molecule has 0 saturated carbocycles. The second-order valence-corrected chi connectivity index (χ2v) is 5.46. The third-order valence-electron chi connectivity index (χ3n) is 3.10. The van der Waals surface area contributed by atoms with Gasteiger partial charge in [0.15, 0.2) is 0 Å². The number of esters is 1. The Morgan fingerprint density at radius 2 is 2.33 bits per heavy atom. The molecule has 3 aromatic rings. The number of nitrogens with one attached hydrogen (secondary N) is 1. The van der Waals surface area contributed by atoms with E-state index >= 15 is 0 Å². The Bertz CT molecular complexity index is 766. The minimum absolute atomic E-state index is 0.148. The van der Waals surface area contributed by atoms with Crippen LogP contribution in [0.3, 0.4) is 0 Å². The molecule has 1 aromatic carbocycles. The normalized spacial score (nSPS) is 10.8. The van der Waals surface area contributed by atoms with Crippen molar-refractivity contribution in [1.29, 1.82) is 0 Å². The number of H-pyrrole nitrogens is 1. The summed E-state index contributed by atoms with van der Waals surface area (Å²) in [6.07, 6.45) is 1.78. The highest BCUT2D eigenvalue weighted by atomic mass is 32.1. The van der Waals surface area contributed by atoms with Gasteiger partial charge in [0.2, 0.25) is 5.95 Å². The molecule has 0 spiro atoms. The SMILES string of the molecule is COC(=O)CN(C)c1nc2ccc(-c3nccs3)cc2[nH]1. The molecular formula is C14H14N4O2S. The van der Waals surface area contributed by atoms with Gasteiger partial charge in [-0.05, 0) is 18.2 Å². The highest BCUT2D eigenvalue weighted by Gasteiger charge is 2.12. The molecule has 2 aromatic heterocycles. The molecule has 1 N–H and O–H groups in total. The second-order valence-electron chi connectivity index (χ2n) is 4.56. The van der Waals surface area contributed by atoms with Crippen LogP contribution in [0.15, 0.2) is 29.8 Å². The Morgan fingerprint density at radius 1 is 1.48 bits per heavy atom. The number of nitrogens with zero attached hydrogens (tertiary/aromatic N) is 3. The minimum Gasteiger partial charge on any atom is -0.468 e. The van der Waals surface area contributed by atoms with Crippen molar-refractivity contribution in [3.63, 3.8) is 0 Å². The lowest BCUT2D eigenvalue weighted by molar-refractivity contribution is -0.138. The molecule has 6 nitrogen and oxygen atoms in total. The van der Waals surface area contributed by atoms with E-state index in [2.05, 4.69) is 19.7 Å². The van der Waals surface area contributed by atoms with Crippen LogP contribution >= 0.6 is 11.3 Å². The lowest BCUT2D eigenvalue weighted by atomic mass is 10.2. The molecule has 3 rings (SSSR count). The van der Waals surface area contributed by atoms with Crippen molar-refractivity contribution in [3.05, 3.63) is 29.8 Å². The van der Waals surface area contributed by atoms with Crippen LogP contribution < -0.4 is 4.90 Å². The fraction of sp³-hybridized carbons (Fsp3) is 0.214. The maximum atomic E-state index is 11.3. The Hall–Kier alpha value is -2.41. The number of aromatic amines is 1. The van der Waals surface area contributed by atoms with Gasteiger partial charge in [0.25, 0.3) is 0 Å². The number of ether oxygens (including phenoxy) is 1. The predicted octanol–water partition coefficient (Wildman–Crippen LogP) is 2.30. The lowest BCUT2D eigenvalue weighted by Gasteiger charge is -2.13. The molecular weight excluding hydrogens is 288 g/mol. The number of rotatable bonds is 4. The molecule has 0 aliphatic heterocycles. The van der Waals surface area contributed by atoms with Gasteiger partial charge in [-0.1, -0.05) is 0 Å². The first-order valence-corrected chi connectivity index (χ1v) is 7.23. The average molecular weight is 302 g/mol. The number of hydrogen-bond donors (Lipinski definition) is 1. The maximum Gasteiger partial charge on any atom is 0.325 e. The summed E-state index contributed by atoms with van der Waals surface area (Å²) < 4.78 is 4.66. The number of hydrogen-bond acceptors (Lipinski definition) is 6. The van der Waals surface area contributed by atoms with Gasteiger partial charge in [-0.15, -0.1) is 11.3 Å². The second kappa shape index (κ2) is 5.53. The number of benzene rings is 1. The van der Waals surface area contributed by atoms with Crippen molar-refractivity contribution in [2.75, 3.05) is 25.6 Å². The van der Waals surface area contributed by atoms with Crippen molar-refractivity contribution in [1.82, 2.24) is 15.0 Å². The Balaban J connectivity index is 1.91. The first-order chi connectivity index (χ1) is 10.2. The molecule has 108 valence electrons. The summed E-state index contributed by atoms with van der Waals surface area (Å²) in [5.74, 6) is 0.327. The van der Waals surface area contributed by atoms with Gasteiger partial charge in [-0.3, -0.25) is 4.79 Å². The van der Waals surface area contributed by atoms with Crippen LogP contribution in [0.4, 0.5) is 5.95 Å². The smallest absolute Gasteiger partial charge is 0.325 e. The summed E-state index contributed by atoms with van der Waals surface area (Å²) in [5.41, 5.74) is 2.81. The van der Waals surface area contributed by atoms with E-state index in [1.165, 1.54) is 7.11 Å². The van der Waals surface area contributed by atoms with Crippen LogP contribution in [0.1, 0.15) is 0 Å². The molecule has 0 bridgehead atoms. The number of fused-ring (bicyclic) bond motifs is 1. The molecule has 0 saturated heterocycles. The number of aromatic nitrogens is 3. The lowest BCUT2D eigenvalue weighted by Crippen LogP contribution is -2.27. The molecule has 0 unspecified atom stereocenters. The predicted molar refractivity (Wildman–Crippen MR) is 82.5 cm³/mol. The average Bonchev–Trinajstić information content (AvgIpc) is 3.15. The zero-order valence-electron chi connectivity index (χ0n) is 11.7. The number of imidazole rings is 1. The van der Waals surface area contributed by atoms with Crippen molar-refractivity contribution in [3.8, 4) is 10.6 Å². The van der Waals surface area contributed by atoms with Crippen LogP contribution in [-0.4, -0.2) is 41.6 Å². The van der Waals surface area contributed by atoms with E-state index in [9.17, 15) is 4.79 Å². The van der Waals surface area contributed by atoms with E-state index in [1.807, 2.05) is 23.6 Å². The van der Waals surface area contributed by atoms with Gasteiger partial charge in [-0.2, -0.15) is 0 Å². The highest BCUT2D eigenvalue weighted by molar-refractivity contribution is 7.13. The molecule has 0 radical (unpaired) electrons. The standard InChI is InChI=1S/C14H14N4O2S/c1-18(8-12(19)20-2)14-16-10-4-3-9(7-11(10)17-14)13-15-5-6-21-13/h3-7H,8H2,1-2H3,(H,16,17). The molecule has 0 aliphatic carbocycles. The number of carbonyl (C=O) groups is 1. The van der Waals surface area contributed by atoms with E-state index in [1.54, 1.807) is 29.5 Å². The summed E-state index contributed by atoms with van der Waals surface area (Å²) in [5, 5.41) is 2.91. The molecule has 2 heterocycles. The van der Waals surface area contributed by atoms with Gasteiger partial charge in [0.05, 0.1) is 18.1 Å². The van der Waals surface area contributed by atoms with Crippen LogP contribution in [0.2, 0.25) is 0 Å². The fourth-order valence-electron chi connectivity index (χ4n) is 2.01. The van der Waals surface area contributed by atoms with Crippen LogP contribution in [0.25, 0.3) is 21.6 Å². The van der Waals surface area contributed by atoms with E-state index in [0.717, 1.165) is 21.6 Å². The minimum atomic E-state index is -0.304. The van der Waals surface area contributed by atoms with Gasteiger partial charge in [-0.25, -0.2) is 9.97 Å². The summed E-state index contributed by atoms with van der Waals surface area (Å²) in [6, 6.07) is 5.95. The van der Waals surface area contributed by atoms with Gasteiger partial charge >= 0.3 is 5.97 Å². The van der Waals surface area contributed by atoms with Crippen molar-refractivity contribution < 1.29 is 9.53 Å². The Morgan fingerprint density at radius 3 is 3.05 bits per heavy atom. The summed E-state index contributed by atoms with van der Waals surface area (Å²) in [7, 11) is 3.16. The van der Waals surface area contributed by atoms with Gasteiger partial charge in [0, 0.05) is 24.2 Å². The molecule has 0 aliphatic rings. The first-order valence-electron chi connectivity index (χ1n) is 6.35. The maximum absolute atomic E-state index is 11.3. The fourth-order valence-corrected chi connectivity index (χ4v) is 2.64. The third-order valence-corrected chi connectivity index (χ3v) is 3.93. The number of carbonyl (C=O) groups excluding carboxylic acids is 1. The molecule has 0 fully saturated rings. The molecule has 0 amide bonds. The Labute approximate surface area is 125 Å². The van der Waals surface area contributed by atoms with E-state index in [0.29, 0.717) is 5.95 Å². The third kappa shape index (κ3) is 2.73. The van der Waals surface area contributed by atoms with E-state index in [4.69, 9.17) is 0 Å². The number of likely N-dealkylation sites (N-methyl/N-ethyl adjacent to an activating group) is 1. The molecule has 0 atom stereocenters. The zero-order valence-corrected chi connectivity index (χ0v) is 12.5. The summed E-state index contributed by atoms with van der Waals surface area (Å²) in [4.78, 5) is 25.0. The monoisotopic (exact) mass is 302 g/mol. The number of methoxy groups -OCH3 is 1. The van der Waals surface area contributed by atoms with Crippen LogP contribution in [0.5, 0.6) is 0 Å².